The standard InChI is InChI=1S/C14H19NO4S/c1-3-4-9-19-14(16)15-10-13(20(2,17)18)11-7-5-6-8-12(11)15/h5-8,13H,3-4,9-10H2,1-2H3. The molecule has 110 valence electrons. The fraction of sp³-hybridized carbons (Fsp3) is 0.500. The molecule has 1 heterocycles. The van der Waals surface area contributed by atoms with E-state index in [1.165, 1.54) is 11.2 Å². The highest BCUT2D eigenvalue weighted by Gasteiger charge is 2.38. The molecule has 1 unspecified atom stereocenters. The van der Waals surface area contributed by atoms with Gasteiger partial charge in [-0.15, -0.1) is 0 Å². The summed E-state index contributed by atoms with van der Waals surface area (Å²) in [5.41, 5.74) is 1.30. The number of carbonyl (C=O) groups excluding carboxylic acids is 1. The second-order valence-electron chi connectivity index (χ2n) is 4.96. The van der Waals surface area contributed by atoms with Gasteiger partial charge in [-0.1, -0.05) is 31.5 Å². The molecule has 1 atom stereocenters. The van der Waals surface area contributed by atoms with Gasteiger partial charge in [0.25, 0.3) is 0 Å². The number of fused-ring (bicyclic) bond motifs is 1. The Hall–Kier alpha value is -1.56. The Morgan fingerprint density at radius 1 is 1.40 bits per heavy atom. The van der Waals surface area contributed by atoms with E-state index in [2.05, 4.69) is 0 Å². The van der Waals surface area contributed by atoms with E-state index in [4.69, 9.17) is 4.74 Å². The first-order valence-electron chi connectivity index (χ1n) is 6.67. The molecule has 6 heteroatoms. The number of hydrogen-bond donors (Lipinski definition) is 0. The van der Waals surface area contributed by atoms with Crippen LogP contribution in [0, 0.1) is 0 Å². The Kier molecular flexibility index (Phi) is 4.32. The number of ether oxygens (including phenoxy) is 1. The SMILES string of the molecule is CCCCOC(=O)N1CC(S(C)(=O)=O)c2ccccc21. The van der Waals surface area contributed by atoms with E-state index in [0.29, 0.717) is 17.9 Å². The molecule has 0 aromatic heterocycles. The van der Waals surface area contributed by atoms with Crippen molar-refractivity contribution < 1.29 is 17.9 Å². The zero-order valence-corrected chi connectivity index (χ0v) is 12.5. The zero-order chi connectivity index (χ0) is 14.8. The van der Waals surface area contributed by atoms with Crippen LogP contribution in [0.3, 0.4) is 0 Å². The van der Waals surface area contributed by atoms with E-state index in [1.54, 1.807) is 24.3 Å². The Morgan fingerprint density at radius 3 is 2.75 bits per heavy atom. The maximum atomic E-state index is 12.1. The van der Waals surface area contributed by atoms with Crippen molar-refractivity contribution in [2.75, 3.05) is 24.3 Å². The van der Waals surface area contributed by atoms with E-state index in [-0.39, 0.29) is 6.54 Å². The molecule has 0 aliphatic carbocycles. The lowest BCUT2D eigenvalue weighted by atomic mass is 10.2. The molecule has 0 N–H and O–H groups in total. The molecule has 0 saturated carbocycles. The van der Waals surface area contributed by atoms with Crippen LogP contribution < -0.4 is 4.90 Å². The Morgan fingerprint density at radius 2 is 2.10 bits per heavy atom. The van der Waals surface area contributed by atoms with E-state index in [0.717, 1.165) is 12.8 Å². The predicted molar refractivity (Wildman–Crippen MR) is 77.6 cm³/mol. The van der Waals surface area contributed by atoms with Crippen molar-refractivity contribution in [1.82, 2.24) is 0 Å². The van der Waals surface area contributed by atoms with Gasteiger partial charge in [0.1, 0.15) is 5.25 Å². The maximum Gasteiger partial charge on any atom is 0.414 e. The molecule has 1 aliphatic rings. The predicted octanol–water partition coefficient (Wildman–Crippen LogP) is 2.53. The minimum atomic E-state index is -3.26. The summed E-state index contributed by atoms with van der Waals surface area (Å²) in [6.45, 7) is 2.50. The third kappa shape index (κ3) is 2.95. The molecule has 20 heavy (non-hydrogen) atoms. The van der Waals surface area contributed by atoms with Gasteiger partial charge in [-0.05, 0) is 18.1 Å². The number of sulfone groups is 1. The summed E-state index contributed by atoms with van der Waals surface area (Å²) in [6.07, 6.45) is 2.46. The average Bonchev–Trinajstić information content (AvgIpc) is 2.78. The van der Waals surface area contributed by atoms with Gasteiger partial charge in [-0.2, -0.15) is 0 Å². The first-order chi connectivity index (χ1) is 9.45. The summed E-state index contributed by atoms with van der Waals surface area (Å²) in [6, 6.07) is 7.07. The van der Waals surface area contributed by atoms with Crippen LogP contribution in [0.5, 0.6) is 0 Å². The number of hydrogen-bond acceptors (Lipinski definition) is 4. The first-order valence-corrected chi connectivity index (χ1v) is 8.62. The van der Waals surface area contributed by atoms with Crippen LogP contribution in [0.25, 0.3) is 0 Å². The van der Waals surface area contributed by atoms with Gasteiger partial charge in [0.05, 0.1) is 18.8 Å². The van der Waals surface area contributed by atoms with E-state index in [1.807, 2.05) is 6.92 Å². The van der Waals surface area contributed by atoms with Crippen molar-refractivity contribution in [3.05, 3.63) is 29.8 Å². The summed E-state index contributed by atoms with van der Waals surface area (Å²) in [7, 11) is -3.26. The average molecular weight is 297 g/mol. The Bertz CT molecular complexity index is 597. The van der Waals surface area contributed by atoms with Crippen LogP contribution in [-0.2, 0) is 14.6 Å². The molecule has 0 spiro atoms. The number of para-hydroxylation sites is 1. The third-order valence-corrected chi connectivity index (χ3v) is 4.82. The number of benzene rings is 1. The van der Waals surface area contributed by atoms with Crippen molar-refractivity contribution in [3.8, 4) is 0 Å². The lowest BCUT2D eigenvalue weighted by Crippen LogP contribution is -2.31. The lowest BCUT2D eigenvalue weighted by molar-refractivity contribution is 0.152. The van der Waals surface area contributed by atoms with Crippen molar-refractivity contribution in [3.63, 3.8) is 0 Å². The van der Waals surface area contributed by atoms with Crippen molar-refractivity contribution in [2.45, 2.75) is 25.0 Å². The number of nitrogens with zero attached hydrogens (tertiary/aromatic N) is 1. The highest BCUT2D eigenvalue weighted by molar-refractivity contribution is 7.91. The van der Waals surface area contributed by atoms with Crippen molar-refractivity contribution >= 4 is 21.6 Å². The van der Waals surface area contributed by atoms with Gasteiger partial charge >= 0.3 is 6.09 Å². The van der Waals surface area contributed by atoms with Crippen molar-refractivity contribution in [2.24, 2.45) is 0 Å². The van der Waals surface area contributed by atoms with Gasteiger partial charge in [0.15, 0.2) is 9.84 Å². The molecule has 5 nitrogen and oxygen atoms in total. The van der Waals surface area contributed by atoms with Crippen LogP contribution in [0.2, 0.25) is 0 Å². The second kappa shape index (κ2) is 5.83. The Labute approximate surface area is 119 Å². The Balaban J connectivity index is 2.23. The van der Waals surface area contributed by atoms with E-state index >= 15 is 0 Å². The summed E-state index contributed by atoms with van der Waals surface area (Å²) < 4.78 is 28.9. The summed E-state index contributed by atoms with van der Waals surface area (Å²) in [5, 5.41) is -0.669. The molecule has 0 fully saturated rings. The monoisotopic (exact) mass is 297 g/mol. The van der Waals surface area contributed by atoms with E-state index in [9.17, 15) is 13.2 Å². The molecule has 0 bridgehead atoms. The first kappa shape index (κ1) is 14.8. The number of anilines is 1. The lowest BCUT2D eigenvalue weighted by Gasteiger charge is -2.17. The smallest absolute Gasteiger partial charge is 0.414 e. The number of unbranched alkanes of at least 4 members (excludes halogenated alkanes) is 1. The van der Waals surface area contributed by atoms with Crippen LogP contribution in [0.15, 0.2) is 24.3 Å². The van der Waals surface area contributed by atoms with Gasteiger partial charge in [-0.25, -0.2) is 13.2 Å². The van der Waals surface area contributed by atoms with Crippen molar-refractivity contribution in [1.29, 1.82) is 0 Å². The number of rotatable bonds is 4. The van der Waals surface area contributed by atoms with Gasteiger partial charge in [-0.3, -0.25) is 4.90 Å². The molecule has 0 saturated heterocycles. The van der Waals surface area contributed by atoms with Gasteiger partial charge in [0.2, 0.25) is 0 Å². The summed E-state index contributed by atoms with van der Waals surface area (Å²) in [4.78, 5) is 13.5. The fourth-order valence-corrected chi connectivity index (χ4v) is 3.37. The molecular weight excluding hydrogens is 278 g/mol. The number of carbonyl (C=O) groups is 1. The molecular formula is C14H19NO4S. The highest BCUT2D eigenvalue weighted by atomic mass is 32.2. The normalized spacial score (nSPS) is 17.9. The van der Waals surface area contributed by atoms with Crippen LogP contribution in [-0.4, -0.2) is 33.9 Å². The quantitative estimate of drug-likeness (QED) is 0.801. The number of amides is 1. The summed E-state index contributed by atoms with van der Waals surface area (Å²) in [5.74, 6) is 0. The molecule has 1 amide bonds. The topological polar surface area (TPSA) is 63.7 Å². The fourth-order valence-electron chi connectivity index (χ4n) is 2.29. The maximum absolute atomic E-state index is 12.1. The highest BCUT2D eigenvalue weighted by Crippen LogP contribution is 2.39. The molecule has 0 radical (unpaired) electrons. The van der Waals surface area contributed by atoms with Gasteiger partial charge in [0, 0.05) is 6.26 Å². The van der Waals surface area contributed by atoms with Crippen LogP contribution in [0.1, 0.15) is 30.6 Å². The molecule has 2 rings (SSSR count). The minimum absolute atomic E-state index is 0.128. The minimum Gasteiger partial charge on any atom is -0.449 e. The van der Waals surface area contributed by atoms with E-state index < -0.39 is 21.2 Å². The zero-order valence-electron chi connectivity index (χ0n) is 11.7. The third-order valence-electron chi connectivity index (χ3n) is 3.38. The molecule has 1 aromatic carbocycles. The largest absolute Gasteiger partial charge is 0.449 e. The van der Waals surface area contributed by atoms with Gasteiger partial charge < -0.3 is 4.74 Å². The summed E-state index contributed by atoms with van der Waals surface area (Å²) >= 11 is 0. The molecule has 1 aliphatic heterocycles. The second-order valence-corrected chi connectivity index (χ2v) is 7.18. The van der Waals surface area contributed by atoms with Crippen LogP contribution >= 0.6 is 0 Å². The van der Waals surface area contributed by atoms with Crippen LogP contribution in [0.4, 0.5) is 10.5 Å². The molecule has 1 aromatic rings.